The third-order valence-corrected chi connectivity index (χ3v) is 4.16. The Kier molecular flexibility index (Phi) is 7.82. The van der Waals surface area contributed by atoms with Crippen molar-refractivity contribution in [2.24, 2.45) is 0 Å². The summed E-state index contributed by atoms with van der Waals surface area (Å²) in [4.78, 5) is 2.42. The number of nitrogens with zero attached hydrogens (tertiary/aromatic N) is 1. The Morgan fingerprint density at radius 2 is 2.05 bits per heavy atom. The van der Waals surface area contributed by atoms with E-state index in [4.69, 9.17) is 11.6 Å². The van der Waals surface area contributed by atoms with Crippen LogP contribution in [0.5, 0.6) is 0 Å². The van der Waals surface area contributed by atoms with Crippen LogP contribution < -0.4 is 5.32 Å². The normalized spacial score (nSPS) is 17.6. The van der Waals surface area contributed by atoms with E-state index in [0.29, 0.717) is 5.02 Å². The van der Waals surface area contributed by atoms with E-state index in [0.717, 1.165) is 51.0 Å². The summed E-state index contributed by atoms with van der Waals surface area (Å²) in [5.74, 6) is -0.309. The van der Waals surface area contributed by atoms with E-state index in [9.17, 15) is 4.39 Å². The van der Waals surface area contributed by atoms with Crippen molar-refractivity contribution in [1.82, 2.24) is 10.2 Å². The van der Waals surface area contributed by atoms with Crippen LogP contribution in [0, 0.1) is 5.82 Å². The van der Waals surface area contributed by atoms with E-state index in [1.54, 1.807) is 6.07 Å². The molecule has 5 heteroatoms. The van der Waals surface area contributed by atoms with E-state index in [1.165, 1.54) is 6.07 Å². The van der Waals surface area contributed by atoms with Gasteiger partial charge in [0.15, 0.2) is 0 Å². The maximum absolute atomic E-state index is 13.7. The lowest BCUT2D eigenvalue weighted by Crippen LogP contribution is -2.45. The summed E-state index contributed by atoms with van der Waals surface area (Å²) in [5, 5.41) is 3.65. The highest BCUT2D eigenvalue weighted by Crippen LogP contribution is 2.33. The topological polar surface area (TPSA) is 15.3 Å². The minimum Gasteiger partial charge on any atom is -0.314 e. The van der Waals surface area contributed by atoms with Crippen molar-refractivity contribution < 1.29 is 4.39 Å². The first-order chi connectivity index (χ1) is 9.24. The Balaban J connectivity index is 0.00000200. The van der Waals surface area contributed by atoms with Gasteiger partial charge in [-0.25, -0.2) is 4.39 Å². The van der Waals surface area contributed by atoms with Gasteiger partial charge in [-0.15, -0.1) is 12.4 Å². The molecule has 1 aromatic carbocycles. The summed E-state index contributed by atoms with van der Waals surface area (Å²) in [6.07, 6.45) is 3.33. The van der Waals surface area contributed by atoms with Crippen LogP contribution in [0.1, 0.15) is 37.8 Å². The Hall–Kier alpha value is -0.350. The smallest absolute Gasteiger partial charge is 0.142 e. The van der Waals surface area contributed by atoms with E-state index in [1.807, 2.05) is 6.07 Å². The van der Waals surface area contributed by atoms with Gasteiger partial charge in [-0.2, -0.15) is 0 Å². The average Bonchev–Trinajstić information content (AvgIpc) is 2.45. The zero-order valence-electron chi connectivity index (χ0n) is 11.9. The van der Waals surface area contributed by atoms with Crippen molar-refractivity contribution in [3.05, 3.63) is 34.6 Å². The van der Waals surface area contributed by atoms with Crippen LogP contribution in [0.4, 0.5) is 4.39 Å². The van der Waals surface area contributed by atoms with Crippen LogP contribution in [0.3, 0.4) is 0 Å². The fourth-order valence-corrected chi connectivity index (χ4v) is 2.96. The predicted octanol–water partition coefficient (Wildman–Crippen LogP) is 4.04. The van der Waals surface area contributed by atoms with Gasteiger partial charge < -0.3 is 5.32 Å². The van der Waals surface area contributed by atoms with Crippen molar-refractivity contribution in [1.29, 1.82) is 0 Å². The van der Waals surface area contributed by atoms with Gasteiger partial charge in [0.2, 0.25) is 0 Å². The molecule has 1 heterocycles. The van der Waals surface area contributed by atoms with Crippen molar-refractivity contribution in [3.8, 4) is 0 Å². The first-order valence-corrected chi connectivity index (χ1v) is 7.50. The minimum atomic E-state index is -0.309. The standard InChI is InChI=1S/C15H22ClFN2.ClH/c1-2-3-7-14(19-10-8-18-9-11-19)12-5-4-6-13(17)15(12)16;/h4-6,14,18H,2-3,7-11H2,1H3;1H/t14-;/m1./s1. The Labute approximate surface area is 132 Å². The molecule has 1 aromatic rings. The molecule has 0 radical (unpaired) electrons. The molecule has 0 aromatic heterocycles. The molecule has 1 fully saturated rings. The van der Waals surface area contributed by atoms with E-state index in [2.05, 4.69) is 17.1 Å². The van der Waals surface area contributed by atoms with Crippen molar-refractivity contribution in [2.75, 3.05) is 26.2 Å². The quantitative estimate of drug-likeness (QED) is 0.880. The molecule has 1 saturated heterocycles. The van der Waals surface area contributed by atoms with E-state index >= 15 is 0 Å². The van der Waals surface area contributed by atoms with Crippen LogP contribution in [-0.4, -0.2) is 31.1 Å². The number of halogens is 3. The summed E-state index contributed by atoms with van der Waals surface area (Å²) in [5.41, 5.74) is 0.942. The van der Waals surface area contributed by atoms with Gasteiger partial charge in [-0.1, -0.05) is 43.5 Å². The third-order valence-electron chi connectivity index (χ3n) is 3.76. The lowest BCUT2D eigenvalue weighted by Gasteiger charge is -2.35. The van der Waals surface area contributed by atoms with Crippen molar-refractivity contribution in [3.63, 3.8) is 0 Å². The maximum Gasteiger partial charge on any atom is 0.142 e. The first-order valence-electron chi connectivity index (χ1n) is 7.12. The maximum atomic E-state index is 13.7. The molecule has 2 rings (SSSR count). The molecule has 0 saturated carbocycles. The molecule has 114 valence electrons. The number of unbranched alkanes of at least 4 members (excludes halogenated alkanes) is 1. The summed E-state index contributed by atoms with van der Waals surface area (Å²) in [6.45, 7) is 6.18. The molecule has 1 N–H and O–H groups in total. The third kappa shape index (κ3) is 4.32. The zero-order chi connectivity index (χ0) is 13.7. The van der Waals surface area contributed by atoms with Gasteiger partial charge in [0.05, 0.1) is 5.02 Å². The molecule has 0 spiro atoms. The van der Waals surface area contributed by atoms with Crippen LogP contribution in [-0.2, 0) is 0 Å². The van der Waals surface area contributed by atoms with Crippen LogP contribution >= 0.6 is 24.0 Å². The lowest BCUT2D eigenvalue weighted by atomic mass is 9.98. The largest absolute Gasteiger partial charge is 0.314 e. The van der Waals surface area contributed by atoms with Gasteiger partial charge >= 0.3 is 0 Å². The second kappa shape index (κ2) is 8.83. The second-order valence-electron chi connectivity index (χ2n) is 5.09. The van der Waals surface area contributed by atoms with Gasteiger partial charge in [-0.3, -0.25) is 4.90 Å². The molecule has 0 unspecified atom stereocenters. The molecule has 0 bridgehead atoms. The first kappa shape index (κ1) is 17.7. The Bertz CT molecular complexity index is 409. The number of nitrogens with one attached hydrogen (secondary N) is 1. The average molecular weight is 321 g/mol. The van der Waals surface area contributed by atoms with Crippen LogP contribution in [0.25, 0.3) is 0 Å². The second-order valence-corrected chi connectivity index (χ2v) is 5.47. The molecule has 1 aliphatic rings. The lowest BCUT2D eigenvalue weighted by molar-refractivity contribution is 0.163. The molecular formula is C15H23Cl2FN2. The van der Waals surface area contributed by atoms with E-state index in [-0.39, 0.29) is 24.3 Å². The van der Waals surface area contributed by atoms with Crippen LogP contribution in [0.15, 0.2) is 18.2 Å². The Morgan fingerprint density at radius 3 is 2.70 bits per heavy atom. The number of hydrogen-bond acceptors (Lipinski definition) is 2. The molecule has 0 aliphatic carbocycles. The predicted molar refractivity (Wildman–Crippen MR) is 85.4 cm³/mol. The van der Waals surface area contributed by atoms with Crippen molar-refractivity contribution >= 4 is 24.0 Å². The SMILES string of the molecule is CCCC[C@H](c1cccc(F)c1Cl)N1CCNCC1.Cl. The number of hydrogen-bond donors (Lipinski definition) is 1. The zero-order valence-corrected chi connectivity index (χ0v) is 13.4. The fourth-order valence-electron chi connectivity index (χ4n) is 2.70. The van der Waals surface area contributed by atoms with Gasteiger partial charge in [0, 0.05) is 32.2 Å². The molecule has 2 nitrogen and oxygen atoms in total. The highest BCUT2D eigenvalue weighted by molar-refractivity contribution is 6.31. The Morgan fingerprint density at radius 1 is 1.35 bits per heavy atom. The highest BCUT2D eigenvalue weighted by atomic mass is 35.5. The summed E-state index contributed by atoms with van der Waals surface area (Å²) < 4.78 is 13.7. The number of benzene rings is 1. The van der Waals surface area contributed by atoms with Gasteiger partial charge in [0.1, 0.15) is 5.82 Å². The highest BCUT2D eigenvalue weighted by Gasteiger charge is 2.24. The molecule has 1 aliphatic heterocycles. The molecular weight excluding hydrogens is 298 g/mol. The van der Waals surface area contributed by atoms with E-state index < -0.39 is 0 Å². The molecule has 1 atom stereocenters. The minimum absolute atomic E-state index is 0. The summed E-state index contributed by atoms with van der Waals surface area (Å²) in [6, 6.07) is 5.40. The van der Waals surface area contributed by atoms with Gasteiger partial charge in [0.25, 0.3) is 0 Å². The van der Waals surface area contributed by atoms with Crippen molar-refractivity contribution in [2.45, 2.75) is 32.2 Å². The summed E-state index contributed by atoms with van der Waals surface area (Å²) >= 11 is 6.17. The summed E-state index contributed by atoms with van der Waals surface area (Å²) in [7, 11) is 0. The molecule has 0 amide bonds. The van der Waals surface area contributed by atoms with Crippen LogP contribution in [0.2, 0.25) is 5.02 Å². The number of rotatable bonds is 5. The fraction of sp³-hybridized carbons (Fsp3) is 0.600. The number of piperazine rings is 1. The molecule has 20 heavy (non-hydrogen) atoms. The van der Waals surface area contributed by atoms with Gasteiger partial charge in [-0.05, 0) is 18.1 Å². The monoisotopic (exact) mass is 320 g/mol.